The number of nitrogens with zero attached hydrogens (tertiary/aromatic N) is 1. The SMILES string of the molecule is CC(CCC(=O)O)NC(=O)CN(C)S(=O)(=O)c1ccccc1. The fraction of sp³-hybridized carbons (Fsp3) is 0.429. The number of sulfonamides is 1. The van der Waals surface area contributed by atoms with Gasteiger partial charge in [0.15, 0.2) is 0 Å². The first kappa shape index (κ1) is 18.1. The van der Waals surface area contributed by atoms with Crippen molar-refractivity contribution in [3.05, 3.63) is 30.3 Å². The van der Waals surface area contributed by atoms with Crippen LogP contribution >= 0.6 is 0 Å². The lowest BCUT2D eigenvalue weighted by molar-refractivity contribution is -0.137. The molecule has 0 heterocycles. The van der Waals surface area contributed by atoms with Crippen molar-refractivity contribution >= 4 is 21.9 Å². The van der Waals surface area contributed by atoms with E-state index in [4.69, 9.17) is 5.11 Å². The molecule has 1 atom stereocenters. The van der Waals surface area contributed by atoms with E-state index in [0.29, 0.717) is 0 Å². The van der Waals surface area contributed by atoms with E-state index in [9.17, 15) is 18.0 Å². The van der Waals surface area contributed by atoms with Crippen LogP contribution in [0.2, 0.25) is 0 Å². The Balaban J connectivity index is 2.59. The van der Waals surface area contributed by atoms with Gasteiger partial charge in [0.2, 0.25) is 15.9 Å². The number of benzene rings is 1. The Bertz CT molecular complexity index is 615. The quantitative estimate of drug-likeness (QED) is 0.730. The molecular formula is C14H20N2O5S. The third kappa shape index (κ3) is 5.45. The zero-order valence-electron chi connectivity index (χ0n) is 12.5. The molecule has 1 rings (SSSR count). The first-order valence-corrected chi connectivity index (χ1v) is 8.20. The summed E-state index contributed by atoms with van der Waals surface area (Å²) >= 11 is 0. The maximum atomic E-state index is 12.2. The molecule has 0 aromatic heterocycles. The normalized spacial score (nSPS) is 12.9. The van der Waals surface area contributed by atoms with Crippen molar-refractivity contribution in [2.75, 3.05) is 13.6 Å². The summed E-state index contributed by atoms with van der Waals surface area (Å²) < 4.78 is 25.4. The summed E-state index contributed by atoms with van der Waals surface area (Å²) in [4.78, 5) is 22.4. The van der Waals surface area contributed by atoms with E-state index >= 15 is 0 Å². The molecule has 8 heteroatoms. The van der Waals surface area contributed by atoms with Crippen molar-refractivity contribution in [2.45, 2.75) is 30.7 Å². The molecule has 122 valence electrons. The smallest absolute Gasteiger partial charge is 0.303 e. The first-order chi connectivity index (χ1) is 10.2. The van der Waals surface area contributed by atoms with Gasteiger partial charge in [0, 0.05) is 19.5 Å². The number of rotatable bonds is 8. The Morgan fingerprint density at radius 3 is 2.41 bits per heavy atom. The van der Waals surface area contributed by atoms with Crippen LogP contribution in [0.1, 0.15) is 19.8 Å². The van der Waals surface area contributed by atoms with Crippen LogP contribution in [0.25, 0.3) is 0 Å². The molecule has 0 aliphatic rings. The highest BCUT2D eigenvalue weighted by Gasteiger charge is 2.23. The number of carboxylic acids is 1. The van der Waals surface area contributed by atoms with Gasteiger partial charge in [-0.2, -0.15) is 4.31 Å². The minimum absolute atomic E-state index is 0.0560. The molecule has 0 bridgehead atoms. The zero-order valence-corrected chi connectivity index (χ0v) is 13.3. The topological polar surface area (TPSA) is 104 Å². The van der Waals surface area contributed by atoms with E-state index in [2.05, 4.69) is 5.32 Å². The summed E-state index contributed by atoms with van der Waals surface area (Å²) in [5.74, 6) is -1.41. The maximum absolute atomic E-state index is 12.2. The van der Waals surface area contributed by atoms with Crippen LogP contribution in [0.15, 0.2) is 35.2 Å². The van der Waals surface area contributed by atoms with Crippen molar-refractivity contribution in [1.29, 1.82) is 0 Å². The Hall–Kier alpha value is -1.93. The number of amides is 1. The third-order valence-electron chi connectivity index (χ3n) is 3.02. The van der Waals surface area contributed by atoms with E-state index in [1.807, 2.05) is 0 Å². The summed E-state index contributed by atoms with van der Waals surface area (Å²) in [6, 6.07) is 7.49. The van der Waals surface area contributed by atoms with Crippen LogP contribution in [-0.4, -0.2) is 49.3 Å². The number of nitrogens with one attached hydrogen (secondary N) is 1. The Morgan fingerprint density at radius 2 is 1.86 bits per heavy atom. The number of likely N-dealkylation sites (N-methyl/N-ethyl adjacent to an activating group) is 1. The molecule has 1 aromatic rings. The van der Waals surface area contributed by atoms with E-state index in [0.717, 1.165) is 4.31 Å². The van der Waals surface area contributed by atoms with Gasteiger partial charge in [-0.3, -0.25) is 9.59 Å². The van der Waals surface area contributed by atoms with Gasteiger partial charge in [-0.1, -0.05) is 18.2 Å². The standard InChI is InChI=1S/C14H20N2O5S/c1-11(8-9-14(18)19)15-13(17)10-16(2)22(20,21)12-6-4-3-5-7-12/h3-7,11H,8-10H2,1-2H3,(H,15,17)(H,18,19). The molecule has 2 N–H and O–H groups in total. The number of hydrogen-bond acceptors (Lipinski definition) is 4. The Labute approximate surface area is 130 Å². The average molecular weight is 328 g/mol. The Morgan fingerprint density at radius 1 is 1.27 bits per heavy atom. The molecule has 7 nitrogen and oxygen atoms in total. The van der Waals surface area contributed by atoms with Crippen molar-refractivity contribution in [1.82, 2.24) is 9.62 Å². The lowest BCUT2D eigenvalue weighted by Crippen LogP contribution is -2.41. The van der Waals surface area contributed by atoms with Crippen LogP contribution in [-0.2, 0) is 19.6 Å². The van der Waals surface area contributed by atoms with Gasteiger partial charge < -0.3 is 10.4 Å². The minimum atomic E-state index is -3.72. The largest absolute Gasteiger partial charge is 0.481 e. The highest BCUT2D eigenvalue weighted by molar-refractivity contribution is 7.89. The monoisotopic (exact) mass is 328 g/mol. The van der Waals surface area contributed by atoms with Gasteiger partial charge in [0.1, 0.15) is 0 Å². The van der Waals surface area contributed by atoms with Gasteiger partial charge in [-0.25, -0.2) is 8.42 Å². The van der Waals surface area contributed by atoms with Gasteiger partial charge in [-0.15, -0.1) is 0 Å². The van der Waals surface area contributed by atoms with Gasteiger partial charge >= 0.3 is 5.97 Å². The molecular weight excluding hydrogens is 308 g/mol. The van der Waals surface area contributed by atoms with Crippen molar-refractivity contribution in [3.8, 4) is 0 Å². The van der Waals surface area contributed by atoms with E-state index in [1.54, 1.807) is 25.1 Å². The maximum Gasteiger partial charge on any atom is 0.303 e. The third-order valence-corrected chi connectivity index (χ3v) is 4.83. The van der Waals surface area contributed by atoms with Crippen molar-refractivity contribution in [3.63, 3.8) is 0 Å². The molecule has 0 fully saturated rings. The fourth-order valence-corrected chi connectivity index (χ4v) is 2.94. The summed E-state index contributed by atoms with van der Waals surface area (Å²) in [5, 5.41) is 11.2. The summed E-state index contributed by atoms with van der Waals surface area (Å²) in [5.41, 5.74) is 0. The molecule has 1 aromatic carbocycles. The van der Waals surface area contributed by atoms with Crippen LogP contribution in [0.3, 0.4) is 0 Å². The number of carboxylic acid groups (broad SMARTS) is 1. The predicted molar refractivity (Wildman–Crippen MR) is 80.7 cm³/mol. The number of hydrogen-bond donors (Lipinski definition) is 2. The lowest BCUT2D eigenvalue weighted by atomic mass is 10.2. The minimum Gasteiger partial charge on any atom is -0.481 e. The summed E-state index contributed by atoms with van der Waals surface area (Å²) in [6.45, 7) is 1.35. The second kappa shape index (κ2) is 7.90. The van der Waals surface area contributed by atoms with E-state index in [1.165, 1.54) is 19.2 Å². The lowest BCUT2D eigenvalue weighted by Gasteiger charge is -2.19. The molecule has 0 spiro atoms. The highest BCUT2D eigenvalue weighted by atomic mass is 32.2. The predicted octanol–water partition coefficient (Wildman–Crippen LogP) is 0.677. The number of carbonyl (C=O) groups is 2. The summed E-state index contributed by atoms with van der Waals surface area (Å²) in [6.07, 6.45) is 0.232. The number of carbonyl (C=O) groups excluding carboxylic acids is 1. The van der Waals surface area contributed by atoms with Gasteiger partial charge in [0.05, 0.1) is 11.4 Å². The van der Waals surface area contributed by atoms with E-state index < -0.39 is 21.9 Å². The van der Waals surface area contributed by atoms with Crippen molar-refractivity contribution < 1.29 is 23.1 Å². The van der Waals surface area contributed by atoms with Crippen LogP contribution in [0.5, 0.6) is 0 Å². The van der Waals surface area contributed by atoms with Crippen molar-refractivity contribution in [2.24, 2.45) is 0 Å². The second-order valence-corrected chi connectivity index (χ2v) is 7.02. The Kier molecular flexibility index (Phi) is 6.51. The molecule has 1 amide bonds. The van der Waals surface area contributed by atoms with Crippen LogP contribution < -0.4 is 5.32 Å². The molecule has 1 unspecified atom stereocenters. The molecule has 0 radical (unpaired) electrons. The first-order valence-electron chi connectivity index (χ1n) is 6.76. The molecule has 0 saturated carbocycles. The number of aliphatic carboxylic acids is 1. The second-order valence-electron chi connectivity index (χ2n) is 4.98. The molecule has 22 heavy (non-hydrogen) atoms. The van der Waals surface area contributed by atoms with Gasteiger partial charge in [-0.05, 0) is 25.5 Å². The van der Waals surface area contributed by atoms with E-state index in [-0.39, 0.29) is 30.3 Å². The fourth-order valence-electron chi connectivity index (χ4n) is 1.79. The zero-order chi connectivity index (χ0) is 16.8. The van der Waals surface area contributed by atoms with Crippen LogP contribution in [0.4, 0.5) is 0 Å². The highest BCUT2D eigenvalue weighted by Crippen LogP contribution is 2.12. The van der Waals surface area contributed by atoms with Gasteiger partial charge in [0.25, 0.3) is 0 Å². The summed E-state index contributed by atoms with van der Waals surface area (Å²) in [7, 11) is -2.39. The molecule has 0 aliphatic heterocycles. The average Bonchev–Trinajstić information content (AvgIpc) is 2.45. The molecule has 0 aliphatic carbocycles. The molecule has 0 saturated heterocycles. The van der Waals surface area contributed by atoms with Crippen LogP contribution in [0, 0.1) is 0 Å².